The maximum Gasteiger partial charge on any atom is 0.151 e. The summed E-state index contributed by atoms with van der Waals surface area (Å²) in [7, 11) is 2.07. The monoisotopic (exact) mass is 399 g/mol. The summed E-state index contributed by atoms with van der Waals surface area (Å²) in [5.41, 5.74) is 11.6. The number of aryl methyl sites for hydroxylation is 1. The molecule has 0 spiro atoms. The van der Waals surface area contributed by atoms with Crippen molar-refractivity contribution in [3.8, 4) is 22.4 Å². The highest BCUT2D eigenvalue weighted by Gasteiger charge is 2.40. The van der Waals surface area contributed by atoms with E-state index in [1.807, 2.05) is 12.4 Å². The fourth-order valence-electron chi connectivity index (χ4n) is 5.47. The molecule has 2 unspecified atom stereocenters. The molecule has 1 aromatic carbocycles. The number of nitrogens with two attached hydrogens (primary N) is 1. The van der Waals surface area contributed by atoms with Gasteiger partial charge in [-0.1, -0.05) is 6.07 Å². The van der Waals surface area contributed by atoms with Gasteiger partial charge in [0.1, 0.15) is 0 Å². The summed E-state index contributed by atoms with van der Waals surface area (Å²) < 4.78 is 2.15. The van der Waals surface area contributed by atoms with Gasteiger partial charge in [-0.2, -0.15) is 5.10 Å². The molecule has 3 aromatic heterocycles. The Morgan fingerprint density at radius 1 is 1.00 bits per heavy atom. The third-order valence-electron chi connectivity index (χ3n) is 6.80. The second kappa shape index (κ2) is 6.67. The standard InChI is InChI=1S/C23H25N7/c1-29-9-8-19-18(14-12-25-26-13-14)4-5-20(23(19)29)21-6-7-22(28-27-21)30-16-2-3-17(30)11-15(24)10-16/h4-9,12-13,15-17H,2-3,10-11,24H2,1H3,(H,25,26). The van der Waals surface area contributed by atoms with Crippen LogP contribution in [0, 0.1) is 0 Å². The molecule has 0 amide bonds. The first-order chi connectivity index (χ1) is 14.7. The van der Waals surface area contributed by atoms with Gasteiger partial charge in [-0.15, -0.1) is 10.2 Å². The maximum absolute atomic E-state index is 6.23. The van der Waals surface area contributed by atoms with Gasteiger partial charge in [0.2, 0.25) is 0 Å². The van der Waals surface area contributed by atoms with E-state index in [1.165, 1.54) is 18.2 Å². The highest BCUT2D eigenvalue weighted by molar-refractivity contribution is 6.02. The van der Waals surface area contributed by atoms with Crippen molar-refractivity contribution >= 4 is 16.7 Å². The average Bonchev–Trinajstić information content (AvgIpc) is 3.48. The van der Waals surface area contributed by atoms with Crippen LogP contribution in [0.15, 0.2) is 48.9 Å². The Hall–Kier alpha value is -3.19. The van der Waals surface area contributed by atoms with E-state index >= 15 is 0 Å². The van der Waals surface area contributed by atoms with Crippen molar-refractivity contribution < 1.29 is 0 Å². The molecule has 0 radical (unpaired) electrons. The first-order valence-corrected chi connectivity index (χ1v) is 10.6. The molecule has 2 fully saturated rings. The normalized spacial score (nSPS) is 23.4. The lowest BCUT2D eigenvalue weighted by molar-refractivity contribution is 0.411. The Morgan fingerprint density at radius 2 is 1.80 bits per heavy atom. The van der Waals surface area contributed by atoms with Gasteiger partial charge < -0.3 is 15.2 Å². The third-order valence-corrected chi connectivity index (χ3v) is 6.80. The zero-order valence-corrected chi connectivity index (χ0v) is 17.0. The Bertz CT molecular complexity index is 1180. The molecular weight excluding hydrogens is 374 g/mol. The lowest BCUT2D eigenvalue weighted by atomic mass is 9.98. The first-order valence-electron chi connectivity index (χ1n) is 10.6. The molecule has 0 saturated carbocycles. The van der Waals surface area contributed by atoms with Crippen LogP contribution in [0.1, 0.15) is 25.7 Å². The molecule has 4 aromatic rings. The van der Waals surface area contributed by atoms with E-state index in [2.05, 4.69) is 73.4 Å². The lowest BCUT2D eigenvalue weighted by Crippen LogP contribution is -2.47. The number of H-pyrrole nitrogens is 1. The van der Waals surface area contributed by atoms with Gasteiger partial charge in [0.15, 0.2) is 5.82 Å². The number of hydrogen-bond acceptors (Lipinski definition) is 5. The number of aromatic nitrogens is 5. The molecule has 2 aliphatic heterocycles. The number of benzene rings is 1. The topological polar surface area (TPSA) is 88.7 Å². The van der Waals surface area contributed by atoms with Crippen LogP contribution in [0.25, 0.3) is 33.3 Å². The molecule has 2 saturated heterocycles. The molecule has 7 heteroatoms. The molecular formula is C23H25N7. The van der Waals surface area contributed by atoms with Crippen molar-refractivity contribution in [2.45, 2.75) is 43.8 Å². The van der Waals surface area contributed by atoms with Gasteiger partial charge in [-0.25, -0.2) is 0 Å². The molecule has 6 rings (SSSR count). The number of rotatable bonds is 3. The van der Waals surface area contributed by atoms with Crippen LogP contribution in [-0.2, 0) is 7.05 Å². The molecule has 2 bridgehead atoms. The van der Waals surface area contributed by atoms with Crippen LogP contribution in [0.3, 0.4) is 0 Å². The number of fused-ring (bicyclic) bond motifs is 3. The van der Waals surface area contributed by atoms with Crippen LogP contribution in [0.2, 0.25) is 0 Å². The van der Waals surface area contributed by atoms with Gasteiger partial charge in [0, 0.05) is 54.1 Å². The van der Waals surface area contributed by atoms with E-state index in [9.17, 15) is 0 Å². The Kier molecular flexibility index (Phi) is 3.92. The zero-order chi connectivity index (χ0) is 20.2. The summed E-state index contributed by atoms with van der Waals surface area (Å²) in [6, 6.07) is 12.0. The second-order valence-corrected chi connectivity index (χ2v) is 8.64. The number of nitrogens with one attached hydrogen (secondary N) is 1. The first kappa shape index (κ1) is 17.7. The predicted octanol–water partition coefficient (Wildman–Crippen LogP) is 3.48. The van der Waals surface area contributed by atoms with E-state index in [0.717, 1.165) is 46.6 Å². The van der Waals surface area contributed by atoms with Crippen LogP contribution >= 0.6 is 0 Å². The van der Waals surface area contributed by atoms with Crippen molar-refractivity contribution in [2.75, 3.05) is 4.90 Å². The largest absolute Gasteiger partial charge is 0.350 e. The van der Waals surface area contributed by atoms with E-state index in [1.54, 1.807) is 0 Å². The van der Waals surface area contributed by atoms with Crippen molar-refractivity contribution in [3.63, 3.8) is 0 Å². The SMILES string of the molecule is Cn1ccc2c(-c3cn[nH]c3)ccc(-c3ccc(N4C5CCC4CC(N)C5)nn3)c21. The quantitative estimate of drug-likeness (QED) is 0.551. The highest BCUT2D eigenvalue weighted by Crippen LogP contribution is 2.39. The van der Waals surface area contributed by atoms with Crippen molar-refractivity contribution in [2.24, 2.45) is 12.8 Å². The Labute approximate surface area is 174 Å². The summed E-state index contributed by atoms with van der Waals surface area (Å²) in [4.78, 5) is 2.46. The van der Waals surface area contributed by atoms with Gasteiger partial charge in [0.05, 0.1) is 17.4 Å². The zero-order valence-electron chi connectivity index (χ0n) is 17.0. The van der Waals surface area contributed by atoms with Crippen LogP contribution < -0.4 is 10.6 Å². The van der Waals surface area contributed by atoms with E-state index in [0.29, 0.717) is 18.1 Å². The van der Waals surface area contributed by atoms with E-state index in [-0.39, 0.29) is 0 Å². The number of nitrogens with zero attached hydrogens (tertiary/aromatic N) is 5. The number of anilines is 1. The van der Waals surface area contributed by atoms with Crippen LogP contribution in [-0.4, -0.2) is 43.1 Å². The van der Waals surface area contributed by atoms with E-state index < -0.39 is 0 Å². The van der Waals surface area contributed by atoms with Gasteiger partial charge >= 0.3 is 0 Å². The molecule has 2 aliphatic rings. The molecule has 152 valence electrons. The Balaban J connectivity index is 1.39. The molecule has 2 atom stereocenters. The maximum atomic E-state index is 6.23. The summed E-state index contributed by atoms with van der Waals surface area (Å²) in [6.07, 6.45) is 10.4. The van der Waals surface area contributed by atoms with Gasteiger partial charge in [0.25, 0.3) is 0 Å². The van der Waals surface area contributed by atoms with Crippen molar-refractivity contribution in [1.82, 2.24) is 25.0 Å². The number of aromatic amines is 1. The fourth-order valence-corrected chi connectivity index (χ4v) is 5.47. The van der Waals surface area contributed by atoms with Gasteiger partial charge in [-0.3, -0.25) is 5.10 Å². The van der Waals surface area contributed by atoms with Crippen molar-refractivity contribution in [3.05, 3.63) is 48.9 Å². The minimum absolute atomic E-state index is 0.324. The Morgan fingerprint density at radius 3 is 2.50 bits per heavy atom. The molecule has 7 nitrogen and oxygen atoms in total. The van der Waals surface area contributed by atoms with Gasteiger partial charge in [-0.05, 0) is 55.5 Å². The summed E-state index contributed by atoms with van der Waals surface area (Å²) >= 11 is 0. The number of hydrogen-bond donors (Lipinski definition) is 2. The summed E-state index contributed by atoms with van der Waals surface area (Å²) in [6.45, 7) is 0. The van der Waals surface area contributed by atoms with Crippen LogP contribution in [0.4, 0.5) is 5.82 Å². The highest BCUT2D eigenvalue weighted by atomic mass is 15.3. The molecule has 5 heterocycles. The predicted molar refractivity (Wildman–Crippen MR) is 118 cm³/mol. The summed E-state index contributed by atoms with van der Waals surface area (Å²) in [5, 5.41) is 17.5. The van der Waals surface area contributed by atoms with Crippen LogP contribution in [0.5, 0.6) is 0 Å². The number of piperidine rings is 1. The van der Waals surface area contributed by atoms with E-state index in [4.69, 9.17) is 5.73 Å². The lowest BCUT2D eigenvalue weighted by Gasteiger charge is -2.38. The summed E-state index contributed by atoms with van der Waals surface area (Å²) in [5.74, 6) is 0.983. The fraction of sp³-hybridized carbons (Fsp3) is 0.348. The van der Waals surface area contributed by atoms with Crippen molar-refractivity contribution in [1.29, 1.82) is 0 Å². The molecule has 30 heavy (non-hydrogen) atoms. The second-order valence-electron chi connectivity index (χ2n) is 8.64. The smallest absolute Gasteiger partial charge is 0.151 e. The minimum atomic E-state index is 0.324. The third kappa shape index (κ3) is 2.65. The molecule has 3 N–H and O–H groups in total. The average molecular weight is 400 g/mol. The molecule has 0 aliphatic carbocycles. The minimum Gasteiger partial charge on any atom is -0.350 e.